The molecular formula is C31H37Cl2F6NO. The predicted molar refractivity (Wildman–Crippen MR) is 155 cm³/mol. The lowest BCUT2D eigenvalue weighted by atomic mass is 9.92. The van der Waals surface area contributed by atoms with Gasteiger partial charge in [-0.1, -0.05) is 75.2 Å². The van der Waals surface area contributed by atoms with Crippen molar-refractivity contribution in [1.82, 2.24) is 4.90 Å². The number of carbonyl (C=O) groups excluding carboxylic acids is 1. The van der Waals surface area contributed by atoms with Gasteiger partial charge in [0.05, 0.1) is 11.1 Å². The normalized spacial score (nSPS) is 14.1. The lowest BCUT2D eigenvalue weighted by Gasteiger charge is -2.35. The summed E-state index contributed by atoms with van der Waals surface area (Å²) in [5, 5.41) is 1.60. The summed E-state index contributed by atoms with van der Waals surface area (Å²) in [6.07, 6.45) is -0.292. The third kappa shape index (κ3) is 12.6. The van der Waals surface area contributed by atoms with E-state index in [1.807, 2.05) is 24.3 Å². The first kappa shape index (κ1) is 36.7. The minimum atomic E-state index is -4.93. The number of nitrogens with zero attached hydrogens (tertiary/aromatic N) is 1. The van der Waals surface area contributed by atoms with Crippen LogP contribution in [0.25, 0.3) is 0 Å². The van der Waals surface area contributed by atoms with Crippen LogP contribution in [0.5, 0.6) is 0 Å². The molecule has 0 N–H and O–H groups in total. The van der Waals surface area contributed by atoms with Crippen LogP contribution in [0.4, 0.5) is 26.3 Å². The molecule has 0 heterocycles. The van der Waals surface area contributed by atoms with Crippen molar-refractivity contribution in [1.29, 1.82) is 0 Å². The van der Waals surface area contributed by atoms with Crippen molar-refractivity contribution in [3.05, 3.63) is 93.0 Å². The number of carbonyl (C=O) groups is 1. The van der Waals surface area contributed by atoms with Crippen LogP contribution in [0.1, 0.15) is 87.0 Å². The largest absolute Gasteiger partial charge is 0.416 e. The van der Waals surface area contributed by atoms with Crippen molar-refractivity contribution >= 4 is 29.0 Å². The summed E-state index contributed by atoms with van der Waals surface area (Å²) in [5.41, 5.74) is -2.28. The number of hydrogen-bond acceptors (Lipinski definition) is 2. The van der Waals surface area contributed by atoms with E-state index in [9.17, 15) is 31.1 Å². The third-order valence-electron chi connectivity index (χ3n) is 6.08. The first-order chi connectivity index (χ1) is 19.0. The van der Waals surface area contributed by atoms with Gasteiger partial charge in [-0.3, -0.25) is 9.69 Å². The second-order valence-electron chi connectivity index (χ2n) is 9.60. The average molecular weight is 625 g/mol. The second kappa shape index (κ2) is 17.0. The zero-order chi connectivity index (χ0) is 31.4. The molecule has 2 aromatic rings. The lowest BCUT2D eigenvalue weighted by molar-refractivity contribution is -0.143. The highest BCUT2D eigenvalue weighted by atomic mass is 35.5. The van der Waals surface area contributed by atoms with E-state index in [0.29, 0.717) is 24.1 Å². The molecule has 41 heavy (non-hydrogen) atoms. The van der Waals surface area contributed by atoms with Gasteiger partial charge in [0, 0.05) is 21.7 Å². The number of hydrogen-bond donors (Lipinski definition) is 0. The summed E-state index contributed by atoms with van der Waals surface area (Å²) in [6, 6.07) is 9.39. The predicted octanol–water partition coefficient (Wildman–Crippen LogP) is 11.2. The molecule has 0 amide bonds. The molecule has 0 aromatic heterocycles. The molecule has 228 valence electrons. The number of ketones is 1. The number of alkyl halides is 6. The minimum absolute atomic E-state index is 0.0214. The summed E-state index contributed by atoms with van der Waals surface area (Å²) in [5.74, 6) is -0.495. The van der Waals surface area contributed by atoms with Crippen LogP contribution in [-0.4, -0.2) is 23.8 Å². The molecule has 0 aliphatic carbocycles. The SMILES string of the molecule is CC(=O)c1cc(C(F)(F)F)cc(C(F)(F)F)c1.CC/C=C(Cl)\C=C/C(C)C(c1ccc(Cl)cc1)N(CCC)CCC. The number of benzene rings is 2. The Bertz CT molecular complexity index is 1120. The Kier molecular flexibility index (Phi) is 15.2. The summed E-state index contributed by atoms with van der Waals surface area (Å²) >= 11 is 12.3. The van der Waals surface area contributed by atoms with E-state index in [4.69, 9.17) is 23.2 Å². The van der Waals surface area contributed by atoms with Crippen LogP contribution in [0.3, 0.4) is 0 Å². The average Bonchev–Trinajstić information content (AvgIpc) is 2.88. The minimum Gasteiger partial charge on any atom is -0.296 e. The van der Waals surface area contributed by atoms with Gasteiger partial charge >= 0.3 is 12.4 Å². The van der Waals surface area contributed by atoms with E-state index in [1.165, 1.54) is 5.56 Å². The first-order valence-corrected chi connectivity index (χ1v) is 14.1. The van der Waals surface area contributed by atoms with Crippen molar-refractivity contribution < 1.29 is 31.1 Å². The van der Waals surface area contributed by atoms with Gasteiger partial charge in [-0.15, -0.1) is 0 Å². The molecule has 0 bridgehead atoms. The van der Waals surface area contributed by atoms with Gasteiger partial charge in [-0.25, -0.2) is 0 Å². The molecule has 0 aliphatic heterocycles. The fourth-order valence-electron chi connectivity index (χ4n) is 4.24. The van der Waals surface area contributed by atoms with E-state index < -0.39 is 34.8 Å². The van der Waals surface area contributed by atoms with Gasteiger partial charge in [-0.2, -0.15) is 26.3 Å². The van der Waals surface area contributed by atoms with Gasteiger partial charge in [0.1, 0.15) is 0 Å². The van der Waals surface area contributed by atoms with Gasteiger partial charge in [-0.05, 0) is 87.2 Å². The van der Waals surface area contributed by atoms with Crippen molar-refractivity contribution in [2.24, 2.45) is 5.92 Å². The Hall–Kier alpha value is -2.29. The first-order valence-electron chi connectivity index (χ1n) is 13.4. The molecule has 2 unspecified atom stereocenters. The lowest BCUT2D eigenvalue weighted by Crippen LogP contribution is -2.33. The molecule has 0 saturated carbocycles. The molecule has 0 saturated heterocycles. The van der Waals surface area contributed by atoms with Crippen LogP contribution >= 0.6 is 23.2 Å². The van der Waals surface area contributed by atoms with Crippen molar-refractivity contribution in [2.45, 2.75) is 72.3 Å². The molecule has 2 nitrogen and oxygen atoms in total. The Labute approximate surface area is 249 Å². The summed E-state index contributed by atoms with van der Waals surface area (Å²) in [6.45, 7) is 11.9. The molecule has 0 aliphatic rings. The van der Waals surface area contributed by atoms with E-state index >= 15 is 0 Å². The maximum Gasteiger partial charge on any atom is 0.416 e. The molecule has 2 aromatic carbocycles. The highest BCUT2D eigenvalue weighted by Crippen LogP contribution is 2.36. The van der Waals surface area contributed by atoms with E-state index in [2.05, 4.69) is 50.8 Å². The summed E-state index contributed by atoms with van der Waals surface area (Å²) < 4.78 is 73.9. The van der Waals surface area contributed by atoms with E-state index in [-0.39, 0.29) is 6.07 Å². The van der Waals surface area contributed by atoms with Crippen molar-refractivity contribution in [3.63, 3.8) is 0 Å². The fourth-order valence-corrected chi connectivity index (χ4v) is 4.59. The second-order valence-corrected chi connectivity index (χ2v) is 10.5. The van der Waals surface area contributed by atoms with Gasteiger partial charge in [0.15, 0.2) is 5.78 Å². The maximum atomic E-state index is 12.3. The molecule has 0 fully saturated rings. The Balaban J connectivity index is 0.000000435. The van der Waals surface area contributed by atoms with Crippen LogP contribution in [0.15, 0.2) is 65.7 Å². The molecule has 2 atom stereocenters. The van der Waals surface area contributed by atoms with Crippen LogP contribution in [0, 0.1) is 5.92 Å². The Morgan fingerprint density at radius 3 is 1.78 bits per heavy atom. The molecule has 0 spiro atoms. The van der Waals surface area contributed by atoms with Crippen LogP contribution in [0.2, 0.25) is 5.02 Å². The fraction of sp³-hybridized carbons (Fsp3) is 0.452. The number of allylic oxidation sites excluding steroid dienone is 3. The smallest absolute Gasteiger partial charge is 0.296 e. The van der Waals surface area contributed by atoms with Crippen molar-refractivity contribution in [3.8, 4) is 0 Å². The molecular weight excluding hydrogens is 587 g/mol. The zero-order valence-electron chi connectivity index (χ0n) is 23.8. The van der Waals surface area contributed by atoms with E-state index in [0.717, 1.165) is 49.3 Å². The summed E-state index contributed by atoms with van der Waals surface area (Å²) in [7, 11) is 0. The summed E-state index contributed by atoms with van der Waals surface area (Å²) in [4.78, 5) is 13.4. The number of rotatable bonds is 11. The van der Waals surface area contributed by atoms with Gasteiger partial charge < -0.3 is 0 Å². The monoisotopic (exact) mass is 623 g/mol. The third-order valence-corrected chi connectivity index (χ3v) is 6.61. The molecule has 2 rings (SSSR count). The molecule has 0 radical (unpaired) electrons. The topological polar surface area (TPSA) is 20.3 Å². The number of halogens is 8. The van der Waals surface area contributed by atoms with Crippen molar-refractivity contribution in [2.75, 3.05) is 13.1 Å². The zero-order valence-corrected chi connectivity index (χ0v) is 25.4. The quantitative estimate of drug-likeness (QED) is 0.141. The van der Waals surface area contributed by atoms with Gasteiger partial charge in [0.25, 0.3) is 0 Å². The highest BCUT2D eigenvalue weighted by molar-refractivity contribution is 6.31. The highest BCUT2D eigenvalue weighted by Gasteiger charge is 2.37. The Morgan fingerprint density at radius 2 is 1.39 bits per heavy atom. The maximum absolute atomic E-state index is 12.3. The van der Waals surface area contributed by atoms with E-state index in [1.54, 1.807) is 0 Å². The molecule has 10 heteroatoms. The standard InChI is InChI=1S/C21H31Cl2N.C10H6F6O/c1-5-8-19(22)12-9-17(4)21(24(15-6-2)16-7-3)18-10-13-20(23)14-11-18;1-5(17)6-2-7(9(11,12)13)4-8(3-6)10(14,15)16/h8-14,17,21H,5-7,15-16H2,1-4H3;2-4H,1H3/b12-9-,19-8+;. The number of Topliss-reactive ketones (excluding diaryl/α,β-unsaturated/α-hetero) is 1. The van der Waals surface area contributed by atoms with Gasteiger partial charge in [0.2, 0.25) is 0 Å². The van der Waals surface area contributed by atoms with Crippen LogP contribution in [-0.2, 0) is 12.4 Å². The Morgan fingerprint density at radius 1 is 0.902 bits per heavy atom. The van der Waals surface area contributed by atoms with Crippen LogP contribution < -0.4 is 0 Å².